The van der Waals surface area contributed by atoms with Crippen molar-refractivity contribution in [3.8, 4) is 0 Å². The lowest BCUT2D eigenvalue weighted by molar-refractivity contribution is -0.304. The molecule has 4 N–H and O–H groups in total. The van der Waals surface area contributed by atoms with Crippen LogP contribution in [0.3, 0.4) is 0 Å². The molecule has 0 saturated carbocycles. The molecule has 0 radical (unpaired) electrons. The molecular weight excluding hydrogens is 252 g/mol. The maximum absolute atomic E-state index is 9.76. The van der Waals surface area contributed by atoms with E-state index in [1.165, 1.54) is 0 Å². The van der Waals surface area contributed by atoms with Crippen molar-refractivity contribution < 1.29 is 29.9 Å². The van der Waals surface area contributed by atoms with Crippen LogP contribution in [0.5, 0.6) is 0 Å². The second kappa shape index (κ2) is 6.42. The van der Waals surface area contributed by atoms with Gasteiger partial charge in [-0.15, -0.1) is 0 Å². The first-order chi connectivity index (χ1) is 9.13. The molecule has 1 aliphatic rings. The summed E-state index contributed by atoms with van der Waals surface area (Å²) in [7, 11) is 0. The summed E-state index contributed by atoms with van der Waals surface area (Å²) in [6, 6.07) is 9.28. The number of ether oxygens (including phenoxy) is 2. The van der Waals surface area contributed by atoms with Crippen LogP contribution in [0.2, 0.25) is 0 Å². The molecule has 1 aliphatic heterocycles. The maximum atomic E-state index is 9.76. The standard InChI is InChI=1S/C13H18O6/c14-6-9-10(15)11(16)12(17)13(19-9)18-7-8-4-2-1-3-5-8/h1-5,9-17H,6-7H2/t9-,10-,11+,12-,13-/m0/s1. The molecule has 19 heavy (non-hydrogen) atoms. The van der Waals surface area contributed by atoms with Gasteiger partial charge >= 0.3 is 0 Å². The van der Waals surface area contributed by atoms with Crippen molar-refractivity contribution in [1.29, 1.82) is 0 Å². The van der Waals surface area contributed by atoms with Gasteiger partial charge in [0.05, 0.1) is 13.2 Å². The lowest BCUT2D eigenvalue weighted by atomic mass is 9.99. The molecule has 6 heteroatoms. The van der Waals surface area contributed by atoms with E-state index in [0.29, 0.717) is 0 Å². The molecule has 1 aromatic rings. The fourth-order valence-electron chi connectivity index (χ4n) is 1.96. The molecule has 5 atom stereocenters. The zero-order valence-electron chi connectivity index (χ0n) is 10.3. The largest absolute Gasteiger partial charge is 0.394 e. The van der Waals surface area contributed by atoms with Gasteiger partial charge in [0.2, 0.25) is 0 Å². The van der Waals surface area contributed by atoms with E-state index in [0.717, 1.165) is 5.56 Å². The molecule has 0 spiro atoms. The highest BCUT2D eigenvalue weighted by Crippen LogP contribution is 2.22. The summed E-state index contributed by atoms with van der Waals surface area (Å²) in [6.45, 7) is -0.264. The van der Waals surface area contributed by atoms with Gasteiger partial charge in [-0.25, -0.2) is 0 Å². The molecule has 0 bridgehead atoms. The predicted molar refractivity (Wildman–Crippen MR) is 65.0 cm³/mol. The van der Waals surface area contributed by atoms with Gasteiger partial charge in [-0.1, -0.05) is 30.3 Å². The molecule has 106 valence electrons. The molecule has 1 aromatic carbocycles. The number of benzene rings is 1. The van der Waals surface area contributed by atoms with E-state index in [1.54, 1.807) is 0 Å². The second-order valence-corrected chi connectivity index (χ2v) is 4.49. The highest BCUT2D eigenvalue weighted by atomic mass is 16.7. The Balaban J connectivity index is 1.95. The topological polar surface area (TPSA) is 99.4 Å². The van der Waals surface area contributed by atoms with Crippen molar-refractivity contribution in [3.63, 3.8) is 0 Å². The Bertz CT molecular complexity index is 382. The van der Waals surface area contributed by atoms with Crippen LogP contribution in [0.25, 0.3) is 0 Å². The normalized spacial score (nSPS) is 35.3. The summed E-state index contributed by atoms with van der Waals surface area (Å²) < 4.78 is 10.6. The van der Waals surface area contributed by atoms with Crippen molar-refractivity contribution in [2.75, 3.05) is 6.61 Å². The third-order valence-electron chi connectivity index (χ3n) is 3.11. The van der Waals surface area contributed by atoms with E-state index in [2.05, 4.69) is 0 Å². The van der Waals surface area contributed by atoms with Crippen molar-refractivity contribution in [2.45, 2.75) is 37.3 Å². The van der Waals surface area contributed by atoms with Gasteiger partial charge in [-0.3, -0.25) is 0 Å². The Kier molecular flexibility index (Phi) is 4.87. The van der Waals surface area contributed by atoms with Crippen LogP contribution in [0, 0.1) is 0 Å². The zero-order chi connectivity index (χ0) is 13.8. The first-order valence-corrected chi connectivity index (χ1v) is 6.09. The number of hydrogen-bond acceptors (Lipinski definition) is 6. The number of aliphatic hydroxyl groups is 4. The number of aliphatic hydroxyl groups excluding tert-OH is 4. The van der Waals surface area contributed by atoms with Gasteiger partial charge < -0.3 is 29.9 Å². The summed E-state index contributed by atoms with van der Waals surface area (Å²) in [5.41, 5.74) is 0.888. The first-order valence-electron chi connectivity index (χ1n) is 6.09. The average Bonchev–Trinajstić information content (AvgIpc) is 2.45. The van der Waals surface area contributed by atoms with Gasteiger partial charge in [0, 0.05) is 0 Å². The van der Waals surface area contributed by atoms with E-state index in [9.17, 15) is 15.3 Å². The van der Waals surface area contributed by atoms with Crippen molar-refractivity contribution in [3.05, 3.63) is 35.9 Å². The van der Waals surface area contributed by atoms with Crippen molar-refractivity contribution >= 4 is 0 Å². The highest BCUT2D eigenvalue weighted by molar-refractivity contribution is 5.13. The Morgan fingerprint density at radius 1 is 1.00 bits per heavy atom. The lowest BCUT2D eigenvalue weighted by Crippen LogP contribution is -2.59. The summed E-state index contributed by atoms with van der Waals surface area (Å²) in [5.74, 6) is 0. The molecular formula is C13H18O6. The van der Waals surface area contributed by atoms with Crippen molar-refractivity contribution in [1.82, 2.24) is 0 Å². The third kappa shape index (κ3) is 3.30. The summed E-state index contributed by atoms with van der Waals surface area (Å²) in [4.78, 5) is 0. The second-order valence-electron chi connectivity index (χ2n) is 4.49. The van der Waals surface area contributed by atoms with E-state index < -0.39 is 37.3 Å². The third-order valence-corrected chi connectivity index (χ3v) is 3.11. The first kappa shape index (κ1) is 14.4. The Labute approximate surface area is 110 Å². The van der Waals surface area contributed by atoms with Gasteiger partial charge in [-0.2, -0.15) is 0 Å². The molecule has 0 aliphatic carbocycles. The summed E-state index contributed by atoms with van der Waals surface area (Å²) in [5, 5.41) is 38.0. The average molecular weight is 270 g/mol. The van der Waals surface area contributed by atoms with Crippen LogP contribution in [0.1, 0.15) is 5.56 Å². The van der Waals surface area contributed by atoms with Crippen LogP contribution in [0.4, 0.5) is 0 Å². The van der Waals surface area contributed by atoms with E-state index >= 15 is 0 Å². The van der Waals surface area contributed by atoms with Gasteiger partial charge in [0.1, 0.15) is 24.4 Å². The SMILES string of the molecule is OC[C@@H]1O[C@H](OCc2ccccc2)[C@@H](O)[C@H](O)[C@H]1O. The van der Waals surface area contributed by atoms with Gasteiger partial charge in [0.25, 0.3) is 0 Å². The molecule has 1 saturated heterocycles. The maximum Gasteiger partial charge on any atom is 0.187 e. The number of rotatable bonds is 4. The molecule has 2 rings (SSSR count). The molecule has 1 fully saturated rings. The van der Waals surface area contributed by atoms with Crippen LogP contribution in [-0.4, -0.2) is 57.7 Å². The molecule has 0 aromatic heterocycles. The van der Waals surface area contributed by atoms with Crippen LogP contribution < -0.4 is 0 Å². The minimum absolute atomic E-state index is 0.198. The van der Waals surface area contributed by atoms with Crippen molar-refractivity contribution in [2.24, 2.45) is 0 Å². The van der Waals surface area contributed by atoms with Crippen LogP contribution in [0.15, 0.2) is 30.3 Å². The summed E-state index contributed by atoms with van der Waals surface area (Å²) >= 11 is 0. The minimum atomic E-state index is -1.41. The van der Waals surface area contributed by atoms with Gasteiger partial charge in [0.15, 0.2) is 6.29 Å². The van der Waals surface area contributed by atoms with Gasteiger partial charge in [-0.05, 0) is 5.56 Å². The quantitative estimate of drug-likeness (QED) is 0.560. The fraction of sp³-hybridized carbons (Fsp3) is 0.538. The number of hydrogen-bond donors (Lipinski definition) is 4. The van der Waals surface area contributed by atoms with E-state index in [-0.39, 0.29) is 6.61 Å². The highest BCUT2D eigenvalue weighted by Gasteiger charge is 2.43. The molecule has 0 amide bonds. The monoisotopic (exact) mass is 270 g/mol. The Morgan fingerprint density at radius 2 is 1.68 bits per heavy atom. The minimum Gasteiger partial charge on any atom is -0.394 e. The van der Waals surface area contributed by atoms with E-state index in [4.69, 9.17) is 14.6 Å². The molecule has 1 heterocycles. The smallest absolute Gasteiger partial charge is 0.187 e. The molecule has 0 unspecified atom stereocenters. The zero-order valence-corrected chi connectivity index (χ0v) is 10.3. The Morgan fingerprint density at radius 3 is 2.32 bits per heavy atom. The summed E-state index contributed by atoms with van der Waals surface area (Å²) in [6.07, 6.45) is -6.17. The fourth-order valence-corrected chi connectivity index (χ4v) is 1.96. The molecule has 6 nitrogen and oxygen atoms in total. The van der Waals surface area contributed by atoms with Crippen LogP contribution >= 0.6 is 0 Å². The lowest BCUT2D eigenvalue weighted by Gasteiger charge is -2.39. The van der Waals surface area contributed by atoms with Crippen LogP contribution in [-0.2, 0) is 16.1 Å². The predicted octanol–water partition coefficient (Wildman–Crippen LogP) is -0.997. The van der Waals surface area contributed by atoms with E-state index in [1.807, 2.05) is 30.3 Å². The Hall–Kier alpha value is -1.02.